The number of anilines is 1. The van der Waals surface area contributed by atoms with Crippen molar-refractivity contribution >= 4 is 23.5 Å². The minimum Gasteiger partial charge on any atom is -0.465 e. The van der Waals surface area contributed by atoms with E-state index in [4.69, 9.17) is 4.74 Å². The van der Waals surface area contributed by atoms with Crippen molar-refractivity contribution in [3.8, 4) is 0 Å². The minimum atomic E-state index is -0.507. The molecular weight excluding hydrogens is 308 g/mol. The number of carbonyl (C=O) groups excluding carboxylic acids is 3. The number of para-hydroxylation sites is 1. The summed E-state index contributed by atoms with van der Waals surface area (Å²) in [6.07, 6.45) is 4.54. The summed E-state index contributed by atoms with van der Waals surface area (Å²) in [7, 11) is 1.30. The van der Waals surface area contributed by atoms with Gasteiger partial charge in [0, 0.05) is 25.9 Å². The lowest BCUT2D eigenvalue weighted by Gasteiger charge is -2.23. The highest BCUT2D eigenvalue weighted by atomic mass is 16.5. The SMILES string of the molecule is COC(=O)c1ccccc1N(CCC(=O)NC1CCCC1)C(C)=O. The molecule has 130 valence electrons. The monoisotopic (exact) mass is 332 g/mol. The molecule has 24 heavy (non-hydrogen) atoms. The third-order valence-electron chi connectivity index (χ3n) is 4.26. The number of methoxy groups -OCH3 is 1. The highest BCUT2D eigenvalue weighted by Gasteiger charge is 2.22. The van der Waals surface area contributed by atoms with Crippen LogP contribution in [0, 0.1) is 0 Å². The van der Waals surface area contributed by atoms with Gasteiger partial charge in [-0.2, -0.15) is 0 Å². The average molecular weight is 332 g/mol. The van der Waals surface area contributed by atoms with Crippen LogP contribution in [-0.2, 0) is 14.3 Å². The minimum absolute atomic E-state index is 0.0660. The van der Waals surface area contributed by atoms with E-state index in [1.54, 1.807) is 24.3 Å². The number of hydrogen-bond acceptors (Lipinski definition) is 4. The second-order valence-electron chi connectivity index (χ2n) is 5.98. The van der Waals surface area contributed by atoms with Crippen LogP contribution in [0.4, 0.5) is 5.69 Å². The Hall–Kier alpha value is -2.37. The molecule has 1 saturated carbocycles. The third kappa shape index (κ3) is 4.57. The van der Waals surface area contributed by atoms with Gasteiger partial charge in [-0.05, 0) is 25.0 Å². The van der Waals surface area contributed by atoms with E-state index < -0.39 is 5.97 Å². The summed E-state index contributed by atoms with van der Waals surface area (Å²) in [5.41, 5.74) is 0.775. The molecule has 6 nitrogen and oxygen atoms in total. The van der Waals surface area contributed by atoms with E-state index in [1.165, 1.54) is 18.9 Å². The Kier molecular flexibility index (Phi) is 6.35. The lowest BCUT2D eigenvalue weighted by atomic mass is 10.1. The van der Waals surface area contributed by atoms with Gasteiger partial charge in [0.05, 0.1) is 18.4 Å². The predicted molar refractivity (Wildman–Crippen MR) is 90.8 cm³/mol. The molecule has 1 aromatic rings. The number of esters is 1. The van der Waals surface area contributed by atoms with E-state index in [-0.39, 0.29) is 30.8 Å². The first-order valence-corrected chi connectivity index (χ1v) is 8.27. The van der Waals surface area contributed by atoms with Crippen molar-refractivity contribution in [2.45, 2.75) is 45.1 Å². The van der Waals surface area contributed by atoms with E-state index in [2.05, 4.69) is 5.32 Å². The molecule has 0 aliphatic heterocycles. The summed E-state index contributed by atoms with van der Waals surface area (Å²) in [5, 5.41) is 3.00. The second kappa shape index (κ2) is 8.47. The Labute approximate surface area is 142 Å². The molecule has 1 aromatic carbocycles. The maximum atomic E-state index is 12.1. The third-order valence-corrected chi connectivity index (χ3v) is 4.26. The fourth-order valence-electron chi connectivity index (χ4n) is 3.02. The van der Waals surface area contributed by atoms with Crippen LogP contribution < -0.4 is 10.2 Å². The molecule has 1 fully saturated rings. The molecule has 0 atom stereocenters. The van der Waals surface area contributed by atoms with Gasteiger partial charge in [-0.1, -0.05) is 25.0 Å². The molecule has 2 rings (SSSR count). The molecule has 0 heterocycles. The highest BCUT2D eigenvalue weighted by Crippen LogP contribution is 2.22. The Morgan fingerprint density at radius 1 is 1.21 bits per heavy atom. The van der Waals surface area contributed by atoms with Gasteiger partial charge < -0.3 is 15.0 Å². The summed E-state index contributed by atoms with van der Waals surface area (Å²) >= 11 is 0. The van der Waals surface area contributed by atoms with Gasteiger partial charge in [0.15, 0.2) is 0 Å². The van der Waals surface area contributed by atoms with Crippen LogP contribution in [0.3, 0.4) is 0 Å². The highest BCUT2D eigenvalue weighted by molar-refractivity contribution is 6.02. The fourth-order valence-corrected chi connectivity index (χ4v) is 3.02. The van der Waals surface area contributed by atoms with Crippen molar-refractivity contribution in [2.75, 3.05) is 18.6 Å². The summed E-state index contributed by atoms with van der Waals surface area (Å²) in [5.74, 6) is -0.795. The zero-order valence-electron chi connectivity index (χ0n) is 14.2. The molecule has 0 aromatic heterocycles. The van der Waals surface area contributed by atoms with Crippen molar-refractivity contribution in [2.24, 2.45) is 0 Å². The van der Waals surface area contributed by atoms with Crippen LogP contribution in [0.15, 0.2) is 24.3 Å². The van der Waals surface area contributed by atoms with Crippen LogP contribution in [0.5, 0.6) is 0 Å². The van der Waals surface area contributed by atoms with Crippen LogP contribution in [-0.4, -0.2) is 37.5 Å². The number of rotatable bonds is 6. The summed E-state index contributed by atoms with van der Waals surface area (Å²) in [6, 6.07) is 7.00. The summed E-state index contributed by atoms with van der Waals surface area (Å²) in [4.78, 5) is 37.4. The molecule has 0 spiro atoms. The van der Waals surface area contributed by atoms with Crippen molar-refractivity contribution in [1.29, 1.82) is 0 Å². The Bertz CT molecular complexity index is 609. The lowest BCUT2D eigenvalue weighted by molar-refractivity contribution is -0.121. The molecule has 1 aliphatic carbocycles. The van der Waals surface area contributed by atoms with E-state index in [1.807, 2.05) is 0 Å². The zero-order valence-corrected chi connectivity index (χ0v) is 14.2. The number of amides is 2. The second-order valence-corrected chi connectivity index (χ2v) is 5.98. The molecule has 6 heteroatoms. The van der Waals surface area contributed by atoms with Crippen molar-refractivity contribution < 1.29 is 19.1 Å². The molecule has 0 radical (unpaired) electrons. The molecule has 0 saturated heterocycles. The van der Waals surface area contributed by atoms with Crippen LogP contribution in [0.25, 0.3) is 0 Å². The number of nitrogens with one attached hydrogen (secondary N) is 1. The largest absolute Gasteiger partial charge is 0.465 e. The fraction of sp³-hybridized carbons (Fsp3) is 0.500. The topological polar surface area (TPSA) is 75.7 Å². The smallest absolute Gasteiger partial charge is 0.339 e. The predicted octanol–water partition coefficient (Wildman–Crippen LogP) is 2.28. The first-order valence-electron chi connectivity index (χ1n) is 8.27. The summed E-state index contributed by atoms with van der Waals surface area (Å²) in [6.45, 7) is 1.64. The number of ether oxygens (including phenoxy) is 1. The van der Waals surface area contributed by atoms with Crippen LogP contribution in [0.1, 0.15) is 49.4 Å². The number of nitrogens with zero attached hydrogens (tertiary/aromatic N) is 1. The average Bonchev–Trinajstić information content (AvgIpc) is 3.07. The van der Waals surface area contributed by atoms with E-state index in [9.17, 15) is 14.4 Å². The maximum absolute atomic E-state index is 12.1. The zero-order chi connectivity index (χ0) is 17.5. The molecule has 2 amide bonds. The van der Waals surface area contributed by atoms with Crippen LogP contribution >= 0.6 is 0 Å². The van der Waals surface area contributed by atoms with Gasteiger partial charge in [-0.25, -0.2) is 4.79 Å². The van der Waals surface area contributed by atoms with Gasteiger partial charge in [0.25, 0.3) is 0 Å². The molecule has 0 unspecified atom stereocenters. The van der Waals surface area contributed by atoms with Crippen molar-refractivity contribution in [1.82, 2.24) is 5.32 Å². The van der Waals surface area contributed by atoms with E-state index in [0.717, 1.165) is 25.7 Å². The van der Waals surface area contributed by atoms with Gasteiger partial charge >= 0.3 is 5.97 Å². The van der Waals surface area contributed by atoms with Gasteiger partial charge in [0.1, 0.15) is 0 Å². The first-order chi connectivity index (χ1) is 11.5. The van der Waals surface area contributed by atoms with Crippen molar-refractivity contribution in [3.05, 3.63) is 29.8 Å². The molecule has 1 aliphatic rings. The number of carbonyl (C=O) groups is 3. The number of benzene rings is 1. The van der Waals surface area contributed by atoms with Crippen molar-refractivity contribution in [3.63, 3.8) is 0 Å². The van der Waals surface area contributed by atoms with Gasteiger partial charge in [-0.15, -0.1) is 0 Å². The lowest BCUT2D eigenvalue weighted by Crippen LogP contribution is -2.37. The van der Waals surface area contributed by atoms with Crippen LogP contribution in [0.2, 0.25) is 0 Å². The first kappa shape index (κ1) is 18.0. The Morgan fingerprint density at radius 2 is 1.88 bits per heavy atom. The quantitative estimate of drug-likeness (QED) is 0.811. The summed E-state index contributed by atoms with van der Waals surface area (Å²) < 4.78 is 4.76. The van der Waals surface area contributed by atoms with E-state index in [0.29, 0.717) is 11.3 Å². The molecule has 1 N–H and O–H groups in total. The standard InChI is InChI=1S/C18H24N2O4/c1-13(21)20(12-11-17(22)19-14-7-3-4-8-14)16-10-6-5-9-15(16)18(23)24-2/h5-6,9-10,14H,3-4,7-8,11-12H2,1-2H3,(H,19,22). The van der Waals surface area contributed by atoms with E-state index >= 15 is 0 Å². The Morgan fingerprint density at radius 3 is 2.50 bits per heavy atom. The molecular formula is C18H24N2O4. The van der Waals surface area contributed by atoms with Gasteiger partial charge in [0.2, 0.25) is 11.8 Å². The molecule has 0 bridgehead atoms. The normalized spacial score (nSPS) is 14.2. The maximum Gasteiger partial charge on any atom is 0.339 e. The number of hydrogen-bond donors (Lipinski definition) is 1. The Balaban J connectivity index is 2.05. The van der Waals surface area contributed by atoms with Gasteiger partial charge in [-0.3, -0.25) is 9.59 Å².